The molecule has 220 valence electrons. The number of halogens is 3. The smallest absolute Gasteiger partial charge is 0.268 e. The van der Waals surface area contributed by atoms with Crippen LogP contribution in [0, 0.1) is 11.6 Å². The van der Waals surface area contributed by atoms with Gasteiger partial charge in [0.15, 0.2) is 0 Å². The zero-order valence-corrected chi connectivity index (χ0v) is 24.5. The summed E-state index contributed by atoms with van der Waals surface area (Å²) in [5, 5.41) is 7.80. The van der Waals surface area contributed by atoms with E-state index in [1.54, 1.807) is 24.3 Å². The number of nitrogens with one attached hydrogen (secondary N) is 2. The van der Waals surface area contributed by atoms with Gasteiger partial charge in [0.1, 0.15) is 23.0 Å². The Morgan fingerprint density at radius 1 is 0.727 bits per heavy atom. The molecule has 0 saturated carbocycles. The Morgan fingerprint density at radius 2 is 1.32 bits per heavy atom. The van der Waals surface area contributed by atoms with Crippen molar-refractivity contribution in [1.29, 1.82) is 0 Å². The van der Waals surface area contributed by atoms with Crippen LogP contribution in [0.2, 0.25) is 5.02 Å². The van der Waals surface area contributed by atoms with Crippen LogP contribution < -0.4 is 10.6 Å². The summed E-state index contributed by atoms with van der Waals surface area (Å²) >= 11 is 5.95. The van der Waals surface area contributed by atoms with Gasteiger partial charge in [-0.05, 0) is 66.6 Å². The lowest BCUT2D eigenvalue weighted by atomic mass is 10.0. The first-order chi connectivity index (χ1) is 21.3. The average molecular weight is 609 g/mol. The van der Waals surface area contributed by atoms with Crippen LogP contribution in [-0.2, 0) is 6.54 Å². The summed E-state index contributed by atoms with van der Waals surface area (Å²) in [4.78, 5) is 24.1. The van der Waals surface area contributed by atoms with Crippen LogP contribution in [0.5, 0.6) is 0 Å². The second kappa shape index (κ2) is 11.0. The van der Waals surface area contributed by atoms with Crippen molar-refractivity contribution in [1.82, 2.24) is 19.8 Å². The molecule has 0 radical (unpaired) electrons. The van der Waals surface area contributed by atoms with E-state index < -0.39 is 0 Å². The van der Waals surface area contributed by atoms with E-state index in [4.69, 9.17) is 11.6 Å². The minimum Gasteiger partial charge on any atom is -0.349 e. The first kappa shape index (κ1) is 27.9. The molecule has 2 aromatic heterocycles. The van der Waals surface area contributed by atoms with Gasteiger partial charge in [0, 0.05) is 52.6 Å². The molecule has 0 aliphatic carbocycles. The number of hydrogen-bond acceptors (Lipinski definition) is 2. The van der Waals surface area contributed by atoms with Gasteiger partial charge in [-0.3, -0.25) is 9.59 Å². The van der Waals surface area contributed by atoms with Crippen molar-refractivity contribution in [2.45, 2.75) is 19.5 Å². The Hall–Kier alpha value is -4.95. The summed E-state index contributed by atoms with van der Waals surface area (Å²) < 4.78 is 32.0. The monoisotopic (exact) mass is 608 g/mol. The summed E-state index contributed by atoms with van der Waals surface area (Å²) in [6.45, 7) is 3.90. The molecule has 0 spiro atoms. The molecule has 6 nitrogen and oxygen atoms in total. The lowest BCUT2D eigenvalue weighted by Crippen LogP contribution is -2.37. The van der Waals surface area contributed by atoms with Gasteiger partial charge >= 0.3 is 0 Å². The van der Waals surface area contributed by atoms with Gasteiger partial charge in [0.05, 0.1) is 11.0 Å². The van der Waals surface area contributed by atoms with Gasteiger partial charge in [-0.2, -0.15) is 0 Å². The molecule has 0 fully saturated rings. The first-order valence-corrected chi connectivity index (χ1v) is 14.7. The number of aromatic nitrogens is 2. The van der Waals surface area contributed by atoms with Crippen LogP contribution in [0.1, 0.15) is 33.9 Å². The summed E-state index contributed by atoms with van der Waals surface area (Å²) in [5.74, 6) is -0.832. The molecule has 9 heteroatoms. The topological polar surface area (TPSA) is 68.1 Å². The van der Waals surface area contributed by atoms with Gasteiger partial charge in [-0.25, -0.2) is 8.78 Å². The van der Waals surface area contributed by atoms with E-state index in [0.29, 0.717) is 36.0 Å². The fraction of sp³-hybridized carbons (Fsp3) is 0.143. The van der Waals surface area contributed by atoms with Crippen molar-refractivity contribution >= 4 is 45.2 Å². The van der Waals surface area contributed by atoms with Crippen LogP contribution in [-0.4, -0.2) is 34.0 Å². The van der Waals surface area contributed by atoms with Crippen LogP contribution in [0.4, 0.5) is 8.78 Å². The minimum absolute atomic E-state index is 0.100. The molecular formula is C35H27ClF2N4O2. The summed E-state index contributed by atoms with van der Waals surface area (Å²) in [7, 11) is 0. The molecule has 2 amide bonds. The van der Waals surface area contributed by atoms with Crippen molar-refractivity contribution in [3.05, 3.63) is 119 Å². The van der Waals surface area contributed by atoms with E-state index in [0.717, 1.165) is 44.1 Å². The van der Waals surface area contributed by atoms with Crippen LogP contribution in [0.15, 0.2) is 91.0 Å². The Morgan fingerprint density at radius 3 is 2.02 bits per heavy atom. The minimum atomic E-state index is -0.321. The molecule has 2 N–H and O–H groups in total. The van der Waals surface area contributed by atoms with Crippen LogP contribution in [0.3, 0.4) is 0 Å². The quantitative estimate of drug-likeness (QED) is 0.213. The van der Waals surface area contributed by atoms with Gasteiger partial charge in [-0.15, -0.1) is 0 Å². The van der Waals surface area contributed by atoms with Gasteiger partial charge in [0.2, 0.25) is 0 Å². The number of hydrogen-bond donors (Lipinski definition) is 2. The van der Waals surface area contributed by atoms with Crippen molar-refractivity contribution < 1.29 is 18.4 Å². The molecule has 0 saturated heterocycles. The number of benzene rings is 4. The third-order valence-electron chi connectivity index (χ3n) is 8.18. The Kier molecular flexibility index (Phi) is 6.94. The van der Waals surface area contributed by atoms with E-state index in [-0.39, 0.29) is 29.5 Å². The van der Waals surface area contributed by atoms with Crippen molar-refractivity contribution in [3.8, 4) is 22.3 Å². The normalized spacial score (nSPS) is 15.7. The van der Waals surface area contributed by atoms with Crippen molar-refractivity contribution in [3.63, 3.8) is 0 Å². The molecule has 4 aromatic carbocycles. The lowest BCUT2D eigenvalue weighted by molar-refractivity contribution is 0.0915. The second-order valence-electron chi connectivity index (χ2n) is 11.1. The maximum absolute atomic E-state index is 14.1. The number of fused-ring (bicyclic) bond motifs is 6. The molecule has 1 atom stereocenters. The fourth-order valence-corrected chi connectivity index (χ4v) is 6.37. The summed E-state index contributed by atoms with van der Waals surface area (Å²) in [6, 6.07) is 26.6. The standard InChI is InChI=1S/C18H14ClFN2O.C17H13FN2O/c1-10-9-21-18(23)16-7-12-6-14(20)8-15(17(12)22(10)16)11-2-4-13(19)5-3-11;18-13-8-12-9-15-17(21)19-6-7-20(15)16(12)14(10-13)11-4-2-1-3-5-11/h2-8,10H,9H2,1H3,(H,21,23);1-5,8-10H,6-7H2,(H,19,21). The number of rotatable bonds is 2. The summed E-state index contributed by atoms with van der Waals surface area (Å²) in [6.07, 6.45) is 0. The SMILES string of the molecule is CC1CNC(=O)c2cc3cc(F)cc(-c4ccc(Cl)cc4)c3n21.O=C1NCCn2c1cc1cc(F)cc(-c3ccccc3)c12. The van der Waals surface area contributed by atoms with E-state index in [1.165, 1.54) is 24.3 Å². The van der Waals surface area contributed by atoms with Crippen molar-refractivity contribution in [2.24, 2.45) is 0 Å². The molecule has 1 unspecified atom stereocenters. The molecular weight excluding hydrogens is 582 g/mol. The molecule has 44 heavy (non-hydrogen) atoms. The summed E-state index contributed by atoms with van der Waals surface area (Å²) in [5.41, 5.74) is 6.39. The fourth-order valence-electron chi connectivity index (χ4n) is 6.25. The molecule has 2 aliphatic heterocycles. The predicted octanol–water partition coefficient (Wildman–Crippen LogP) is 7.60. The van der Waals surface area contributed by atoms with E-state index in [9.17, 15) is 18.4 Å². The molecule has 6 aromatic rings. The predicted molar refractivity (Wildman–Crippen MR) is 169 cm³/mol. The molecule has 0 bridgehead atoms. The highest BCUT2D eigenvalue weighted by molar-refractivity contribution is 6.30. The number of carbonyl (C=O) groups is 2. The van der Waals surface area contributed by atoms with Crippen LogP contribution in [0.25, 0.3) is 44.1 Å². The first-order valence-electron chi connectivity index (χ1n) is 14.3. The Balaban J connectivity index is 0.000000143. The van der Waals surface area contributed by atoms with E-state index >= 15 is 0 Å². The maximum atomic E-state index is 14.1. The third kappa shape index (κ3) is 4.81. The van der Waals surface area contributed by atoms with E-state index in [2.05, 4.69) is 10.6 Å². The highest BCUT2D eigenvalue weighted by atomic mass is 35.5. The number of amides is 2. The highest BCUT2D eigenvalue weighted by Gasteiger charge is 2.26. The second-order valence-corrected chi connectivity index (χ2v) is 11.5. The molecule has 8 rings (SSSR count). The Labute approximate surface area is 256 Å². The van der Waals surface area contributed by atoms with Gasteiger partial charge in [0.25, 0.3) is 11.8 Å². The third-order valence-corrected chi connectivity index (χ3v) is 8.43. The van der Waals surface area contributed by atoms with Gasteiger partial charge < -0.3 is 19.8 Å². The highest BCUT2D eigenvalue weighted by Crippen LogP contribution is 2.36. The number of carbonyl (C=O) groups excluding carboxylic acids is 2. The molecule has 2 aliphatic rings. The van der Waals surface area contributed by atoms with E-state index in [1.807, 2.05) is 58.5 Å². The Bertz CT molecular complexity index is 2080. The molecule has 4 heterocycles. The van der Waals surface area contributed by atoms with Gasteiger partial charge in [-0.1, -0.05) is 54.1 Å². The zero-order chi connectivity index (χ0) is 30.5. The average Bonchev–Trinajstić information content (AvgIpc) is 3.60. The maximum Gasteiger partial charge on any atom is 0.268 e. The lowest BCUT2D eigenvalue weighted by Gasteiger charge is -2.25. The van der Waals surface area contributed by atoms with Crippen molar-refractivity contribution in [2.75, 3.05) is 13.1 Å². The number of nitrogens with zero attached hydrogens (tertiary/aromatic N) is 2. The van der Waals surface area contributed by atoms with Crippen LogP contribution >= 0.6 is 11.6 Å². The largest absolute Gasteiger partial charge is 0.349 e. The zero-order valence-electron chi connectivity index (χ0n) is 23.7.